The maximum Gasteiger partial charge on any atom is 0.240 e. The van der Waals surface area contributed by atoms with E-state index in [9.17, 15) is 20.1 Å². The summed E-state index contributed by atoms with van der Waals surface area (Å²) in [5.41, 5.74) is 3.15. The monoisotopic (exact) mass is 752 g/mol. The average Bonchev–Trinajstić information content (AvgIpc) is 3.72. The van der Waals surface area contributed by atoms with Gasteiger partial charge in [-0.2, -0.15) is 5.06 Å². The second-order valence-electron chi connectivity index (χ2n) is 18.3. The summed E-state index contributed by atoms with van der Waals surface area (Å²) >= 11 is 0. The molecule has 2 bridgehead atoms. The Labute approximate surface area is 321 Å². The summed E-state index contributed by atoms with van der Waals surface area (Å²) in [6.07, 6.45) is 0.284. The molecule has 0 spiro atoms. The molecule has 2 aromatic rings. The largest absolute Gasteiger partial charge is 0.496 e. The number of aliphatic hydroxyl groups excluding tert-OH is 3. The number of rotatable bonds is 14. The van der Waals surface area contributed by atoms with Crippen LogP contribution in [0.4, 0.5) is 0 Å². The van der Waals surface area contributed by atoms with Crippen molar-refractivity contribution in [1.29, 1.82) is 0 Å². The van der Waals surface area contributed by atoms with Crippen LogP contribution in [-0.4, -0.2) is 103 Å². The smallest absolute Gasteiger partial charge is 0.240 e. The molecule has 0 radical (unpaired) electrons. The van der Waals surface area contributed by atoms with E-state index in [1.54, 1.807) is 19.1 Å². The predicted octanol–water partition coefficient (Wildman–Crippen LogP) is 4.70. The van der Waals surface area contributed by atoms with Gasteiger partial charge in [0.2, 0.25) is 12.7 Å². The van der Waals surface area contributed by atoms with E-state index in [1.165, 1.54) is 6.42 Å². The van der Waals surface area contributed by atoms with E-state index in [1.807, 2.05) is 44.4 Å². The highest BCUT2D eigenvalue weighted by atomic mass is 16.7. The first-order valence-electron chi connectivity index (χ1n) is 19.6. The molecule has 300 valence electrons. The molecule has 4 fully saturated rings. The Hall–Kier alpha value is -2.97. The van der Waals surface area contributed by atoms with Crippen LogP contribution < -0.4 is 24.8 Å². The fraction of sp³-hybridized carbons (Fsp3) is 0.690. The van der Waals surface area contributed by atoms with E-state index < -0.39 is 30.4 Å². The van der Waals surface area contributed by atoms with Crippen molar-refractivity contribution in [3.8, 4) is 28.4 Å². The van der Waals surface area contributed by atoms with Crippen molar-refractivity contribution in [2.24, 2.45) is 34.5 Å². The predicted molar refractivity (Wildman–Crippen MR) is 207 cm³/mol. The number of likely N-dealkylation sites (N-methyl/N-ethyl adjacent to an activating group) is 1. The first kappa shape index (κ1) is 40.7. The third kappa shape index (κ3) is 8.12. The summed E-state index contributed by atoms with van der Waals surface area (Å²) in [6, 6.07) is 8.78. The number of aliphatic hydroxyl groups is 3. The first-order chi connectivity index (χ1) is 25.4. The molecule has 1 amide bonds. The number of methoxy groups -OCH3 is 1. The van der Waals surface area contributed by atoms with Crippen molar-refractivity contribution in [3.05, 3.63) is 41.5 Å². The van der Waals surface area contributed by atoms with Crippen molar-refractivity contribution in [2.45, 2.75) is 111 Å². The molecule has 12 heteroatoms. The minimum Gasteiger partial charge on any atom is -0.496 e. The second kappa shape index (κ2) is 15.9. The van der Waals surface area contributed by atoms with Crippen LogP contribution >= 0.6 is 0 Å². The number of fused-ring (bicyclic) bond motifs is 3. The maximum absolute atomic E-state index is 14.3. The quantitative estimate of drug-likeness (QED) is 0.171. The van der Waals surface area contributed by atoms with Crippen molar-refractivity contribution < 1.29 is 39.2 Å². The minimum absolute atomic E-state index is 0.00664. The number of ether oxygens (including phenoxy) is 3. The van der Waals surface area contributed by atoms with Crippen LogP contribution in [0.2, 0.25) is 0 Å². The molecule has 1 unspecified atom stereocenters. The lowest BCUT2D eigenvalue weighted by Crippen LogP contribution is -2.62. The Bertz CT molecular complexity index is 1640. The molecule has 3 aliphatic carbocycles. The number of hydrogen-bond donors (Lipinski definition) is 5. The lowest BCUT2D eigenvalue weighted by molar-refractivity contribution is -0.183. The van der Waals surface area contributed by atoms with Gasteiger partial charge in [0.1, 0.15) is 24.1 Å². The third-order valence-electron chi connectivity index (χ3n) is 12.6. The van der Waals surface area contributed by atoms with E-state index in [0.29, 0.717) is 40.6 Å². The van der Waals surface area contributed by atoms with E-state index >= 15 is 0 Å². The number of hydroxylamine groups is 2. The van der Waals surface area contributed by atoms with Gasteiger partial charge in [0.25, 0.3) is 0 Å². The lowest BCUT2D eigenvalue weighted by atomic mass is 9.45. The highest BCUT2D eigenvalue weighted by Crippen LogP contribution is 2.61. The summed E-state index contributed by atoms with van der Waals surface area (Å²) in [5, 5.41) is 41.4. The van der Waals surface area contributed by atoms with Gasteiger partial charge in [-0.15, -0.1) is 0 Å². The number of carbonyl (C=O) groups is 1. The number of amides is 1. The molecule has 2 aliphatic heterocycles. The van der Waals surface area contributed by atoms with Gasteiger partial charge in [0.05, 0.1) is 26.4 Å². The number of para-hydroxylation sites is 1. The molecule has 1 saturated heterocycles. The average molecular weight is 753 g/mol. The van der Waals surface area contributed by atoms with Gasteiger partial charge in [-0.1, -0.05) is 59.7 Å². The molecule has 5 N–H and O–H groups in total. The Kier molecular flexibility index (Phi) is 12.0. The summed E-state index contributed by atoms with van der Waals surface area (Å²) < 4.78 is 17.8. The van der Waals surface area contributed by atoms with Crippen LogP contribution in [0.5, 0.6) is 17.2 Å². The van der Waals surface area contributed by atoms with Crippen LogP contribution in [0, 0.1) is 34.5 Å². The van der Waals surface area contributed by atoms with Gasteiger partial charge in [-0.25, -0.2) is 0 Å². The van der Waals surface area contributed by atoms with Gasteiger partial charge in [-0.05, 0) is 86.6 Å². The van der Waals surface area contributed by atoms with Crippen molar-refractivity contribution in [1.82, 2.24) is 20.6 Å². The zero-order chi connectivity index (χ0) is 39.3. The fourth-order valence-corrected chi connectivity index (χ4v) is 9.90. The number of carbonyl (C=O) groups excluding carboxylic acids is 1. The summed E-state index contributed by atoms with van der Waals surface area (Å²) in [6.45, 7) is 15.7. The zero-order valence-corrected chi connectivity index (χ0v) is 33.9. The zero-order valence-electron chi connectivity index (χ0n) is 33.9. The molecule has 7 rings (SSSR count). The van der Waals surface area contributed by atoms with Crippen LogP contribution in [-0.2, 0) is 16.2 Å². The van der Waals surface area contributed by atoms with E-state index in [2.05, 4.69) is 57.1 Å². The van der Waals surface area contributed by atoms with Gasteiger partial charge >= 0.3 is 0 Å². The fourth-order valence-electron chi connectivity index (χ4n) is 9.90. The van der Waals surface area contributed by atoms with Crippen LogP contribution in [0.3, 0.4) is 0 Å². The molecule has 10 atom stereocenters. The van der Waals surface area contributed by atoms with Gasteiger partial charge in [-0.3, -0.25) is 14.9 Å². The normalized spacial score (nSPS) is 29.1. The molecule has 5 aliphatic rings. The number of benzene rings is 2. The van der Waals surface area contributed by atoms with Gasteiger partial charge in [0, 0.05) is 41.2 Å². The summed E-state index contributed by atoms with van der Waals surface area (Å²) in [5.74, 6) is 2.20. The highest BCUT2D eigenvalue weighted by molar-refractivity contribution is 5.83. The Morgan fingerprint density at radius 1 is 1.15 bits per heavy atom. The van der Waals surface area contributed by atoms with Crippen LogP contribution in [0.25, 0.3) is 11.1 Å². The molecule has 12 nitrogen and oxygen atoms in total. The van der Waals surface area contributed by atoms with Crippen molar-refractivity contribution in [2.75, 3.05) is 41.1 Å². The molecule has 0 aromatic heterocycles. The standard InChI is InChI=1S/C42H64N4O8/c1-23-31-16-27(42(31,6)7)17-32(23)44-40(50)36-35(24(2)48)34(21-47)54-46(36)19-25-12-11-13-29(37(25)51-10)26-14-30(38-33(15-26)52-22-53-38)39(49)43-28(20-45(8)9)18-41(3,4)5/h11-15,23-24,27-28,31-32,34-36,39,43,47-49H,16-22H2,1-10H3,(H,44,50)/t23-,24-,27+,28-,31-,32-,34-,35+,36-,39?/m0/s1. The van der Waals surface area contributed by atoms with E-state index in [-0.39, 0.29) is 48.8 Å². The summed E-state index contributed by atoms with van der Waals surface area (Å²) in [7, 11) is 5.65. The molecule has 3 saturated carbocycles. The molecule has 54 heavy (non-hydrogen) atoms. The molecular formula is C42H64N4O8. The third-order valence-corrected chi connectivity index (χ3v) is 12.6. The van der Waals surface area contributed by atoms with Gasteiger partial charge in [0.15, 0.2) is 11.5 Å². The Morgan fingerprint density at radius 3 is 2.50 bits per heavy atom. The van der Waals surface area contributed by atoms with Crippen molar-refractivity contribution in [3.63, 3.8) is 0 Å². The molecule has 2 aromatic carbocycles. The highest BCUT2D eigenvalue weighted by Gasteiger charge is 2.57. The van der Waals surface area contributed by atoms with Gasteiger partial charge < -0.3 is 39.7 Å². The molecular weight excluding hydrogens is 688 g/mol. The topological polar surface area (TPSA) is 145 Å². The summed E-state index contributed by atoms with van der Waals surface area (Å²) in [4.78, 5) is 22.7. The second-order valence-corrected chi connectivity index (χ2v) is 18.3. The number of nitrogens with zero attached hydrogens (tertiary/aromatic N) is 2. The minimum atomic E-state index is -1.03. The lowest BCUT2D eigenvalue weighted by Gasteiger charge is -2.62. The van der Waals surface area contributed by atoms with Crippen LogP contribution in [0.15, 0.2) is 30.3 Å². The van der Waals surface area contributed by atoms with E-state index in [4.69, 9.17) is 19.0 Å². The Morgan fingerprint density at radius 2 is 1.89 bits per heavy atom. The Balaban J connectivity index is 1.29. The SMILES string of the molecule is COc1c(CN2O[C@@H](CO)[C@@H]([C@H](C)O)[C@H]2C(=O)N[C@H]2C[C@H]3C[C@@H]([C@@H]2C)C3(C)C)cccc1-c1cc2c(c(C(O)N[C@H](CN(C)C)CC(C)(C)C)c1)OCO2. The van der Waals surface area contributed by atoms with Crippen LogP contribution in [0.1, 0.15) is 85.1 Å². The molecule has 2 heterocycles. The first-order valence-corrected chi connectivity index (χ1v) is 19.6. The number of hydrogen-bond acceptors (Lipinski definition) is 11. The van der Waals surface area contributed by atoms with Crippen molar-refractivity contribution >= 4 is 5.91 Å². The van der Waals surface area contributed by atoms with E-state index in [0.717, 1.165) is 36.1 Å². The maximum atomic E-state index is 14.3. The number of nitrogens with one attached hydrogen (secondary N) is 2.